The third-order valence-corrected chi connectivity index (χ3v) is 4.67. The van der Waals surface area contributed by atoms with Gasteiger partial charge in [-0.25, -0.2) is 0 Å². The summed E-state index contributed by atoms with van der Waals surface area (Å²) >= 11 is 0. The van der Waals surface area contributed by atoms with E-state index in [0.717, 1.165) is 5.92 Å². The summed E-state index contributed by atoms with van der Waals surface area (Å²) in [4.78, 5) is 2.70. The van der Waals surface area contributed by atoms with Crippen LogP contribution in [0, 0.1) is 5.92 Å². The molecule has 0 aromatic rings. The van der Waals surface area contributed by atoms with Crippen molar-refractivity contribution in [3.63, 3.8) is 0 Å². The number of nitrogens with one attached hydrogen (secondary N) is 1. The van der Waals surface area contributed by atoms with Crippen molar-refractivity contribution in [1.82, 2.24) is 10.2 Å². The van der Waals surface area contributed by atoms with Gasteiger partial charge in [0.1, 0.15) is 0 Å². The van der Waals surface area contributed by atoms with E-state index in [1.165, 1.54) is 32.4 Å². The maximum atomic E-state index is 3.39. The molecule has 2 unspecified atom stereocenters. The van der Waals surface area contributed by atoms with E-state index < -0.39 is 0 Å². The molecule has 1 fully saturated rings. The van der Waals surface area contributed by atoms with Crippen LogP contribution in [0.3, 0.4) is 0 Å². The highest BCUT2D eigenvalue weighted by atomic mass is 15.2. The lowest BCUT2D eigenvalue weighted by Crippen LogP contribution is -2.45. The largest absolute Gasteiger partial charge is 0.317 e. The monoisotopic (exact) mass is 212 g/mol. The quantitative estimate of drug-likeness (QED) is 0.753. The van der Waals surface area contributed by atoms with Crippen LogP contribution >= 0.6 is 0 Å². The minimum Gasteiger partial charge on any atom is -0.317 e. The summed E-state index contributed by atoms with van der Waals surface area (Å²) in [5, 5.41) is 3.39. The smallest absolute Gasteiger partial charge is 0.0176 e. The van der Waals surface area contributed by atoms with Crippen LogP contribution in [0.4, 0.5) is 0 Å². The first kappa shape index (κ1) is 13.0. The van der Waals surface area contributed by atoms with Gasteiger partial charge in [-0.05, 0) is 52.6 Å². The van der Waals surface area contributed by atoms with E-state index in [1.807, 2.05) is 0 Å². The Bertz CT molecular complexity index is 187. The third-order valence-electron chi connectivity index (χ3n) is 4.67. The van der Waals surface area contributed by atoms with Crippen LogP contribution in [0.25, 0.3) is 0 Å². The van der Waals surface area contributed by atoms with Crippen molar-refractivity contribution < 1.29 is 0 Å². The van der Waals surface area contributed by atoms with E-state index >= 15 is 0 Å². The Balaban J connectivity index is 2.55. The summed E-state index contributed by atoms with van der Waals surface area (Å²) in [6.45, 7) is 11.9. The summed E-state index contributed by atoms with van der Waals surface area (Å²) in [5.41, 5.74) is 0.433. The molecule has 1 heterocycles. The predicted molar refractivity (Wildman–Crippen MR) is 67.2 cm³/mol. The van der Waals surface area contributed by atoms with E-state index in [0.29, 0.717) is 11.6 Å². The second kappa shape index (κ2) is 5.31. The molecule has 0 aromatic heterocycles. The first-order valence-corrected chi connectivity index (χ1v) is 6.49. The minimum absolute atomic E-state index is 0.433. The molecular weight excluding hydrogens is 184 g/mol. The second-order valence-corrected chi connectivity index (χ2v) is 5.28. The van der Waals surface area contributed by atoms with Gasteiger partial charge in [-0.15, -0.1) is 0 Å². The molecule has 0 bridgehead atoms. The fraction of sp³-hybridized carbons (Fsp3) is 1.00. The molecule has 0 aromatic carbocycles. The van der Waals surface area contributed by atoms with Crippen LogP contribution < -0.4 is 5.32 Å². The maximum absolute atomic E-state index is 3.39. The van der Waals surface area contributed by atoms with Crippen molar-refractivity contribution in [2.75, 3.05) is 20.1 Å². The van der Waals surface area contributed by atoms with Crippen molar-refractivity contribution in [2.24, 2.45) is 5.92 Å². The minimum atomic E-state index is 0.433. The summed E-state index contributed by atoms with van der Waals surface area (Å²) < 4.78 is 0. The van der Waals surface area contributed by atoms with E-state index in [9.17, 15) is 0 Å². The predicted octanol–water partition coefficient (Wildman–Crippen LogP) is 2.49. The van der Waals surface area contributed by atoms with Gasteiger partial charge >= 0.3 is 0 Å². The molecule has 1 aliphatic heterocycles. The molecule has 0 aliphatic carbocycles. The topological polar surface area (TPSA) is 15.3 Å². The molecule has 1 aliphatic rings. The lowest BCUT2D eigenvalue weighted by atomic mass is 9.93. The van der Waals surface area contributed by atoms with Gasteiger partial charge in [0.05, 0.1) is 0 Å². The zero-order chi connectivity index (χ0) is 11.5. The molecule has 2 nitrogen and oxygen atoms in total. The fourth-order valence-corrected chi connectivity index (χ4v) is 2.62. The number of hydrogen-bond acceptors (Lipinski definition) is 2. The molecule has 0 spiro atoms. The summed E-state index contributed by atoms with van der Waals surface area (Å²) in [5.74, 6) is 0.840. The van der Waals surface area contributed by atoms with Crippen molar-refractivity contribution >= 4 is 0 Å². The Morgan fingerprint density at radius 1 is 1.40 bits per heavy atom. The number of nitrogens with zero attached hydrogens (tertiary/aromatic N) is 1. The first-order chi connectivity index (χ1) is 7.07. The van der Waals surface area contributed by atoms with Crippen molar-refractivity contribution in [3.05, 3.63) is 0 Å². The Kier molecular flexibility index (Phi) is 4.60. The molecule has 0 radical (unpaired) electrons. The SMILES string of the molecule is CCC(C)(CC)N1CCC(C(C)NC)C1. The van der Waals surface area contributed by atoms with Gasteiger partial charge in [0.25, 0.3) is 0 Å². The van der Waals surface area contributed by atoms with Crippen molar-refractivity contribution in [1.29, 1.82) is 0 Å². The number of likely N-dealkylation sites (tertiary alicyclic amines) is 1. The second-order valence-electron chi connectivity index (χ2n) is 5.28. The van der Waals surface area contributed by atoms with Gasteiger partial charge in [0.2, 0.25) is 0 Å². The summed E-state index contributed by atoms with van der Waals surface area (Å²) in [6, 6.07) is 0.660. The lowest BCUT2D eigenvalue weighted by molar-refractivity contribution is 0.118. The van der Waals surface area contributed by atoms with Gasteiger partial charge in [-0.1, -0.05) is 13.8 Å². The fourth-order valence-electron chi connectivity index (χ4n) is 2.62. The van der Waals surface area contributed by atoms with Gasteiger partial charge in [0.15, 0.2) is 0 Å². The zero-order valence-electron chi connectivity index (χ0n) is 11.1. The van der Waals surface area contributed by atoms with Crippen LogP contribution in [0.2, 0.25) is 0 Å². The van der Waals surface area contributed by atoms with E-state index in [4.69, 9.17) is 0 Å². The summed E-state index contributed by atoms with van der Waals surface area (Å²) in [7, 11) is 2.08. The molecule has 0 amide bonds. The van der Waals surface area contributed by atoms with E-state index in [1.54, 1.807) is 0 Å². The first-order valence-electron chi connectivity index (χ1n) is 6.49. The zero-order valence-corrected chi connectivity index (χ0v) is 11.1. The highest BCUT2D eigenvalue weighted by Crippen LogP contribution is 2.30. The van der Waals surface area contributed by atoms with E-state index in [-0.39, 0.29) is 0 Å². The van der Waals surface area contributed by atoms with Crippen molar-refractivity contribution in [2.45, 2.75) is 58.5 Å². The van der Waals surface area contributed by atoms with Gasteiger partial charge in [-0.3, -0.25) is 4.90 Å². The Morgan fingerprint density at radius 3 is 2.47 bits per heavy atom. The molecule has 2 atom stereocenters. The van der Waals surface area contributed by atoms with E-state index in [2.05, 4.69) is 45.0 Å². The number of rotatable bonds is 5. The van der Waals surface area contributed by atoms with Crippen LogP contribution in [-0.2, 0) is 0 Å². The molecule has 1 saturated heterocycles. The van der Waals surface area contributed by atoms with Crippen LogP contribution in [-0.4, -0.2) is 36.6 Å². The lowest BCUT2D eigenvalue weighted by Gasteiger charge is -2.38. The Hall–Kier alpha value is -0.0800. The highest BCUT2D eigenvalue weighted by Gasteiger charge is 2.35. The van der Waals surface area contributed by atoms with Crippen LogP contribution in [0.5, 0.6) is 0 Å². The molecular formula is C13H28N2. The Labute approximate surface area is 95.4 Å². The average Bonchev–Trinajstić information content (AvgIpc) is 2.76. The van der Waals surface area contributed by atoms with Gasteiger partial charge in [0, 0.05) is 18.1 Å². The number of hydrogen-bond donors (Lipinski definition) is 1. The molecule has 1 N–H and O–H groups in total. The average molecular weight is 212 g/mol. The van der Waals surface area contributed by atoms with Gasteiger partial charge < -0.3 is 5.32 Å². The molecule has 1 rings (SSSR count). The molecule has 0 saturated carbocycles. The molecule has 15 heavy (non-hydrogen) atoms. The third kappa shape index (κ3) is 2.73. The van der Waals surface area contributed by atoms with Crippen molar-refractivity contribution in [3.8, 4) is 0 Å². The molecule has 90 valence electrons. The van der Waals surface area contributed by atoms with Crippen LogP contribution in [0.15, 0.2) is 0 Å². The normalized spacial score (nSPS) is 25.8. The standard InChI is InChI=1S/C13H28N2/c1-6-13(4,7-2)15-9-8-12(10-15)11(3)14-5/h11-12,14H,6-10H2,1-5H3. The maximum Gasteiger partial charge on any atom is 0.0176 e. The Morgan fingerprint density at radius 2 is 2.00 bits per heavy atom. The van der Waals surface area contributed by atoms with Gasteiger partial charge in [-0.2, -0.15) is 0 Å². The molecule has 2 heteroatoms. The summed E-state index contributed by atoms with van der Waals surface area (Å²) in [6.07, 6.45) is 3.89. The van der Waals surface area contributed by atoms with Crippen LogP contribution in [0.1, 0.15) is 47.0 Å². The highest BCUT2D eigenvalue weighted by molar-refractivity contribution is 4.91.